The maximum atomic E-state index is 12.4. The van der Waals surface area contributed by atoms with E-state index in [9.17, 15) is 4.79 Å². The monoisotopic (exact) mass is 284 g/mol. The van der Waals surface area contributed by atoms with Crippen LogP contribution >= 0.6 is 0 Å². The second-order valence-electron chi connectivity index (χ2n) is 6.38. The van der Waals surface area contributed by atoms with Crippen molar-refractivity contribution in [1.29, 1.82) is 5.41 Å². The van der Waals surface area contributed by atoms with Crippen molar-refractivity contribution in [2.75, 3.05) is 0 Å². The molecule has 21 heavy (non-hydrogen) atoms. The van der Waals surface area contributed by atoms with E-state index in [-0.39, 0.29) is 11.3 Å². The molecule has 0 unspecified atom stereocenters. The van der Waals surface area contributed by atoms with Crippen LogP contribution in [-0.2, 0) is 10.3 Å². The topological polar surface area (TPSA) is 59.0 Å². The van der Waals surface area contributed by atoms with E-state index in [4.69, 9.17) is 9.93 Å². The number of benzene rings is 1. The van der Waals surface area contributed by atoms with Gasteiger partial charge in [0, 0.05) is 12.0 Å². The fourth-order valence-electron chi connectivity index (χ4n) is 3.09. The van der Waals surface area contributed by atoms with Crippen molar-refractivity contribution in [1.82, 2.24) is 4.74 Å². The minimum Gasteiger partial charge on any atom is -0.358 e. The van der Waals surface area contributed by atoms with E-state index in [0.717, 1.165) is 22.9 Å². The van der Waals surface area contributed by atoms with Crippen LogP contribution in [0.5, 0.6) is 0 Å². The lowest BCUT2D eigenvalue weighted by Gasteiger charge is -2.31. The molecule has 1 aliphatic carbocycles. The highest BCUT2D eigenvalue weighted by Gasteiger charge is 2.35. The van der Waals surface area contributed by atoms with Crippen molar-refractivity contribution in [2.45, 2.75) is 39.2 Å². The first kappa shape index (κ1) is 13.9. The number of Topliss-reactive ketones (excluding diaryl/α,β-unsaturated/α-hetero) is 1. The Morgan fingerprint density at radius 3 is 2.76 bits per heavy atom. The molecule has 0 fully saturated rings. The number of aromatic nitrogens is 1. The highest BCUT2D eigenvalue weighted by Crippen LogP contribution is 2.34. The van der Waals surface area contributed by atoms with Gasteiger partial charge in [-0.15, -0.1) is 0 Å². The van der Waals surface area contributed by atoms with Gasteiger partial charge in [-0.2, -0.15) is 4.74 Å². The Labute approximate surface area is 123 Å². The van der Waals surface area contributed by atoms with Gasteiger partial charge < -0.3 is 4.52 Å². The van der Waals surface area contributed by atoms with Gasteiger partial charge in [-0.25, -0.2) is 0 Å². The van der Waals surface area contributed by atoms with Crippen molar-refractivity contribution in [2.24, 2.45) is 5.92 Å². The van der Waals surface area contributed by atoms with Crippen LogP contribution in [0.4, 0.5) is 0 Å². The number of nitrogens with zero attached hydrogens (tertiary/aromatic N) is 1. The Kier molecular flexibility index (Phi) is 3.12. The number of hydrogen-bond donors (Lipinski definition) is 1. The molecule has 0 spiro atoms. The van der Waals surface area contributed by atoms with Crippen LogP contribution in [0.15, 0.2) is 40.4 Å². The van der Waals surface area contributed by atoms with Crippen molar-refractivity contribution >= 4 is 16.7 Å². The minimum atomic E-state index is -0.587. The second kappa shape index (κ2) is 4.72. The van der Waals surface area contributed by atoms with E-state index in [1.807, 2.05) is 44.2 Å². The van der Waals surface area contributed by atoms with Gasteiger partial charge in [-0.1, -0.05) is 25.1 Å². The normalized spacial score (nSPS) is 19.9. The summed E-state index contributed by atoms with van der Waals surface area (Å²) in [6.45, 7) is 6.04. The number of hydrogen-bond acceptors (Lipinski definition) is 3. The number of carbonyl (C=O) groups excluding carboxylic acids is 1. The van der Waals surface area contributed by atoms with Crippen LogP contribution in [0, 0.1) is 11.3 Å². The lowest BCUT2D eigenvalue weighted by molar-refractivity contribution is -0.118. The smallest absolute Gasteiger partial charge is 0.248 e. The number of rotatable bonds is 2. The molecule has 0 aliphatic heterocycles. The first-order chi connectivity index (χ1) is 9.91. The zero-order valence-corrected chi connectivity index (χ0v) is 12.6. The van der Waals surface area contributed by atoms with Crippen LogP contribution in [0.2, 0.25) is 0 Å². The summed E-state index contributed by atoms with van der Waals surface area (Å²) in [5.74, 6) is 0.584. The van der Waals surface area contributed by atoms with Crippen molar-refractivity contribution in [3.05, 3.63) is 41.5 Å². The summed E-state index contributed by atoms with van der Waals surface area (Å²) < 4.78 is 7.35. The molecule has 3 rings (SSSR count). The third kappa shape index (κ3) is 2.15. The van der Waals surface area contributed by atoms with Crippen LogP contribution in [0.25, 0.3) is 10.9 Å². The summed E-state index contributed by atoms with van der Waals surface area (Å²) in [6.07, 6.45) is 3.53. The Balaban J connectivity index is 2.17. The zero-order valence-electron chi connectivity index (χ0n) is 12.6. The van der Waals surface area contributed by atoms with E-state index in [1.165, 1.54) is 0 Å². The molecular weight excluding hydrogens is 264 g/mol. The average molecular weight is 284 g/mol. The van der Waals surface area contributed by atoms with Crippen LogP contribution < -0.4 is 5.55 Å². The van der Waals surface area contributed by atoms with Gasteiger partial charge in [-0.05, 0) is 38.3 Å². The molecule has 1 aliphatic rings. The molecule has 1 aromatic carbocycles. The molecule has 110 valence electrons. The highest BCUT2D eigenvalue weighted by atomic mass is 16.5. The summed E-state index contributed by atoms with van der Waals surface area (Å²) in [7, 11) is 0. The van der Waals surface area contributed by atoms with Gasteiger partial charge in [0.1, 0.15) is 5.54 Å². The number of nitrogens with one attached hydrogen (secondary N) is 1. The third-order valence-electron chi connectivity index (χ3n) is 4.28. The number of carbonyl (C=O) groups is 1. The number of para-hydroxylation sites is 1. The lowest BCUT2D eigenvalue weighted by Crippen LogP contribution is -2.34. The van der Waals surface area contributed by atoms with E-state index in [1.54, 1.807) is 4.74 Å². The molecule has 2 aromatic rings. The Morgan fingerprint density at radius 2 is 2.05 bits per heavy atom. The first-order valence-electron chi connectivity index (χ1n) is 7.31. The van der Waals surface area contributed by atoms with E-state index < -0.39 is 5.54 Å². The van der Waals surface area contributed by atoms with Gasteiger partial charge in [0.25, 0.3) is 0 Å². The highest BCUT2D eigenvalue weighted by molar-refractivity contribution is 5.98. The number of allylic oxidation sites excluding steroid dienone is 2. The van der Waals surface area contributed by atoms with E-state index in [2.05, 4.69) is 6.92 Å². The molecule has 1 aromatic heterocycles. The third-order valence-corrected chi connectivity index (χ3v) is 4.28. The van der Waals surface area contributed by atoms with Crippen LogP contribution in [0.1, 0.15) is 33.6 Å². The standard InChI is InChI=1S/C17H20N2O2/c1-11-8-9-13(15(20)10-11)17(2,3)19-14-7-5-4-6-12(14)16(18)21-19/h4-7,9,11,18H,8,10H2,1-3H3/t11-/m1/s1. The molecule has 0 amide bonds. The predicted molar refractivity (Wildman–Crippen MR) is 80.9 cm³/mol. The summed E-state index contributed by atoms with van der Waals surface area (Å²) in [4.78, 5) is 12.4. The van der Waals surface area contributed by atoms with Crippen molar-refractivity contribution in [3.8, 4) is 0 Å². The van der Waals surface area contributed by atoms with Gasteiger partial charge in [0.05, 0.1) is 10.9 Å². The molecular formula is C17H20N2O2. The fourth-order valence-corrected chi connectivity index (χ4v) is 3.09. The number of ketones is 1. The van der Waals surface area contributed by atoms with E-state index in [0.29, 0.717) is 12.3 Å². The SMILES string of the molecule is C[C@@H]1CC=C(C(C)(C)n2oc(=N)c3ccccc32)C(=O)C1. The summed E-state index contributed by atoms with van der Waals surface area (Å²) in [6, 6.07) is 7.60. The van der Waals surface area contributed by atoms with E-state index >= 15 is 0 Å². The molecule has 0 radical (unpaired) electrons. The van der Waals surface area contributed by atoms with Crippen molar-refractivity contribution < 1.29 is 9.32 Å². The maximum Gasteiger partial charge on any atom is 0.248 e. The largest absolute Gasteiger partial charge is 0.358 e. The molecule has 0 saturated heterocycles. The first-order valence-corrected chi connectivity index (χ1v) is 7.31. The van der Waals surface area contributed by atoms with Gasteiger partial charge >= 0.3 is 0 Å². The molecule has 1 heterocycles. The van der Waals surface area contributed by atoms with Crippen molar-refractivity contribution in [3.63, 3.8) is 0 Å². The molecule has 0 saturated carbocycles. The number of fused-ring (bicyclic) bond motifs is 1. The van der Waals surface area contributed by atoms with Gasteiger partial charge in [0.15, 0.2) is 5.78 Å². The lowest BCUT2D eigenvalue weighted by atomic mass is 9.81. The fraction of sp³-hybridized carbons (Fsp3) is 0.412. The Hall–Kier alpha value is -2.10. The molecule has 4 heteroatoms. The molecule has 4 nitrogen and oxygen atoms in total. The Bertz CT molecular complexity index is 792. The summed E-state index contributed by atoms with van der Waals surface area (Å²) in [5, 5.41) is 8.74. The summed E-state index contributed by atoms with van der Waals surface area (Å²) >= 11 is 0. The maximum absolute atomic E-state index is 12.4. The second-order valence-corrected chi connectivity index (χ2v) is 6.38. The van der Waals surface area contributed by atoms with Crippen LogP contribution in [-0.4, -0.2) is 10.5 Å². The predicted octanol–water partition coefficient (Wildman–Crippen LogP) is 3.37. The minimum absolute atomic E-state index is 0.135. The molecule has 1 atom stereocenters. The quantitative estimate of drug-likeness (QED) is 0.919. The van der Waals surface area contributed by atoms with Crippen LogP contribution in [0.3, 0.4) is 0 Å². The molecule has 0 bridgehead atoms. The Morgan fingerprint density at radius 1 is 1.33 bits per heavy atom. The zero-order chi connectivity index (χ0) is 15.2. The van der Waals surface area contributed by atoms with Gasteiger partial charge in [0.2, 0.25) is 5.55 Å². The average Bonchev–Trinajstić information content (AvgIpc) is 2.77. The molecule has 1 N–H and O–H groups in total. The summed E-state index contributed by atoms with van der Waals surface area (Å²) in [5.41, 5.74) is 1.18. The van der Waals surface area contributed by atoms with Gasteiger partial charge in [-0.3, -0.25) is 10.2 Å².